The number of hydrogen-bond acceptors (Lipinski definition) is 3. The van der Waals surface area contributed by atoms with E-state index in [-0.39, 0.29) is 35.2 Å². The van der Waals surface area contributed by atoms with Crippen LogP contribution in [0.15, 0.2) is 36.4 Å². The zero-order valence-electron chi connectivity index (χ0n) is 15.5. The molecule has 1 aliphatic heterocycles. The number of amides is 1. The van der Waals surface area contributed by atoms with Crippen LogP contribution >= 0.6 is 24.0 Å². The second-order valence-electron chi connectivity index (χ2n) is 6.63. The lowest BCUT2D eigenvalue weighted by Crippen LogP contribution is -2.58. The topological polar surface area (TPSA) is 44.4 Å². The number of hydrogen-bond donors (Lipinski definition) is 2. The van der Waals surface area contributed by atoms with E-state index in [1.807, 2.05) is 11.8 Å². The molecule has 1 unspecified atom stereocenters. The minimum atomic E-state index is -0.456. The normalized spacial score (nSPS) is 16.4. The van der Waals surface area contributed by atoms with Crippen molar-refractivity contribution in [1.82, 2.24) is 10.6 Å². The highest BCUT2D eigenvalue weighted by Gasteiger charge is 2.29. The zero-order valence-corrected chi connectivity index (χ0v) is 17.0. The molecule has 0 aliphatic carbocycles. The van der Waals surface area contributed by atoms with E-state index in [0.29, 0.717) is 26.1 Å². The highest BCUT2D eigenvalue weighted by molar-refractivity contribution is 6.30. The van der Waals surface area contributed by atoms with Gasteiger partial charge in [0.2, 0.25) is 5.91 Å². The molecule has 1 amide bonds. The van der Waals surface area contributed by atoms with E-state index < -0.39 is 5.82 Å². The maximum atomic E-state index is 13.4. The molecule has 8 heteroatoms. The maximum Gasteiger partial charge on any atom is 0.244 e. The van der Waals surface area contributed by atoms with Crippen LogP contribution in [0.2, 0.25) is 5.02 Å². The number of nitrogens with zero attached hydrogens (tertiary/aromatic N) is 1. The fourth-order valence-electron chi connectivity index (χ4n) is 3.31. The summed E-state index contributed by atoms with van der Waals surface area (Å²) in [6.07, 6.45) is 0.557. The lowest BCUT2D eigenvalue weighted by Gasteiger charge is -2.37. The predicted octanol–water partition coefficient (Wildman–Crippen LogP) is 3.49. The number of benzene rings is 2. The van der Waals surface area contributed by atoms with Crippen LogP contribution in [0.4, 0.5) is 14.5 Å². The standard InChI is InChI=1S/C20H22ClF2N3O.ClH/c1-13-10-15(22)3-5-18(13)26-9-8-24-12-19(26)20(27)25-7-6-14-2-4-17(23)16(21)11-14;/h2-5,10-11,19,24H,6-9,12H2,1H3,(H,25,27);1H. The van der Waals surface area contributed by atoms with Crippen molar-refractivity contribution >= 4 is 35.6 Å². The van der Waals surface area contributed by atoms with Gasteiger partial charge in [0.25, 0.3) is 0 Å². The summed E-state index contributed by atoms with van der Waals surface area (Å²) in [5.74, 6) is -0.840. The Bertz CT molecular complexity index is 835. The van der Waals surface area contributed by atoms with E-state index in [1.54, 1.807) is 18.2 Å². The Kier molecular flexibility index (Phi) is 8.04. The van der Waals surface area contributed by atoms with Crippen LogP contribution < -0.4 is 15.5 Å². The van der Waals surface area contributed by atoms with Gasteiger partial charge in [-0.05, 0) is 54.8 Å². The highest BCUT2D eigenvalue weighted by Crippen LogP contribution is 2.24. The van der Waals surface area contributed by atoms with E-state index in [0.717, 1.165) is 23.4 Å². The molecule has 0 saturated carbocycles. The molecule has 2 aromatic rings. The van der Waals surface area contributed by atoms with Crippen LogP contribution in [0, 0.1) is 18.6 Å². The first kappa shape index (κ1) is 22.4. The summed E-state index contributed by atoms with van der Waals surface area (Å²) in [7, 11) is 0. The third kappa shape index (κ3) is 5.34. The van der Waals surface area contributed by atoms with Crippen LogP contribution in [-0.4, -0.2) is 38.1 Å². The minimum Gasteiger partial charge on any atom is -0.357 e. The first-order valence-electron chi connectivity index (χ1n) is 8.91. The van der Waals surface area contributed by atoms with E-state index in [4.69, 9.17) is 11.6 Å². The number of anilines is 1. The Morgan fingerprint density at radius 2 is 2.07 bits per heavy atom. The van der Waals surface area contributed by atoms with Crippen LogP contribution in [0.5, 0.6) is 0 Å². The number of carbonyl (C=O) groups is 1. The third-order valence-corrected chi connectivity index (χ3v) is 5.00. The molecule has 152 valence electrons. The molecule has 28 heavy (non-hydrogen) atoms. The van der Waals surface area contributed by atoms with Crippen molar-refractivity contribution in [3.05, 3.63) is 64.2 Å². The monoisotopic (exact) mass is 429 g/mol. The smallest absolute Gasteiger partial charge is 0.244 e. The molecule has 1 heterocycles. The fourth-order valence-corrected chi connectivity index (χ4v) is 3.51. The predicted molar refractivity (Wildman–Crippen MR) is 111 cm³/mol. The van der Waals surface area contributed by atoms with Gasteiger partial charge in [-0.15, -0.1) is 12.4 Å². The first-order valence-corrected chi connectivity index (χ1v) is 9.28. The van der Waals surface area contributed by atoms with Crippen molar-refractivity contribution in [1.29, 1.82) is 0 Å². The van der Waals surface area contributed by atoms with Crippen LogP contribution in [-0.2, 0) is 11.2 Å². The van der Waals surface area contributed by atoms with Gasteiger partial charge < -0.3 is 15.5 Å². The number of nitrogens with one attached hydrogen (secondary N) is 2. The average molecular weight is 430 g/mol. The van der Waals surface area contributed by atoms with Gasteiger partial charge in [0.05, 0.1) is 5.02 Å². The first-order chi connectivity index (χ1) is 13.0. The van der Waals surface area contributed by atoms with Crippen LogP contribution in [0.25, 0.3) is 0 Å². The number of piperazine rings is 1. The molecule has 0 spiro atoms. The molecule has 2 aromatic carbocycles. The Labute approximate surface area is 174 Å². The van der Waals surface area contributed by atoms with E-state index in [2.05, 4.69) is 10.6 Å². The molecule has 1 aliphatic rings. The molecule has 3 rings (SSSR count). The van der Waals surface area contributed by atoms with Crippen LogP contribution in [0.3, 0.4) is 0 Å². The van der Waals surface area contributed by atoms with E-state index >= 15 is 0 Å². The molecule has 1 fully saturated rings. The Morgan fingerprint density at radius 3 is 2.79 bits per heavy atom. The Hall–Kier alpha value is -1.89. The highest BCUT2D eigenvalue weighted by atomic mass is 35.5. The van der Waals surface area contributed by atoms with Crippen LogP contribution in [0.1, 0.15) is 11.1 Å². The molecule has 1 saturated heterocycles. The lowest BCUT2D eigenvalue weighted by molar-refractivity contribution is -0.122. The number of carbonyl (C=O) groups excluding carboxylic acids is 1. The molecule has 0 bridgehead atoms. The summed E-state index contributed by atoms with van der Waals surface area (Å²) >= 11 is 5.79. The quantitative estimate of drug-likeness (QED) is 0.764. The summed E-state index contributed by atoms with van der Waals surface area (Å²) in [5, 5.41) is 6.24. The minimum absolute atomic E-state index is 0. The van der Waals surface area contributed by atoms with Gasteiger partial charge in [-0.1, -0.05) is 17.7 Å². The van der Waals surface area contributed by atoms with Crippen molar-refractivity contribution in [2.24, 2.45) is 0 Å². The number of rotatable bonds is 5. The van der Waals surface area contributed by atoms with Gasteiger partial charge >= 0.3 is 0 Å². The van der Waals surface area contributed by atoms with Crippen molar-refractivity contribution < 1.29 is 13.6 Å². The van der Waals surface area contributed by atoms with Gasteiger partial charge in [-0.25, -0.2) is 8.78 Å². The lowest BCUT2D eigenvalue weighted by atomic mass is 10.1. The number of aryl methyl sites for hydroxylation is 1. The summed E-state index contributed by atoms with van der Waals surface area (Å²) in [6.45, 7) is 4.21. The molecule has 1 atom stereocenters. The second-order valence-corrected chi connectivity index (χ2v) is 7.04. The largest absolute Gasteiger partial charge is 0.357 e. The molecule has 2 N–H and O–H groups in total. The summed E-state index contributed by atoms with van der Waals surface area (Å²) in [5.41, 5.74) is 2.52. The van der Waals surface area contributed by atoms with Crippen molar-refractivity contribution in [3.63, 3.8) is 0 Å². The van der Waals surface area contributed by atoms with Gasteiger partial charge in [-0.3, -0.25) is 4.79 Å². The van der Waals surface area contributed by atoms with Gasteiger partial charge in [-0.2, -0.15) is 0 Å². The molecule has 4 nitrogen and oxygen atoms in total. The summed E-state index contributed by atoms with van der Waals surface area (Å²) in [6, 6.07) is 8.78. The SMILES string of the molecule is Cc1cc(F)ccc1N1CCNCC1C(=O)NCCc1ccc(F)c(Cl)c1.Cl. The molecule has 0 radical (unpaired) electrons. The molecular weight excluding hydrogens is 407 g/mol. The van der Waals surface area contributed by atoms with Crippen molar-refractivity contribution in [3.8, 4) is 0 Å². The van der Waals surface area contributed by atoms with Crippen molar-refractivity contribution in [2.45, 2.75) is 19.4 Å². The van der Waals surface area contributed by atoms with Gasteiger partial charge in [0, 0.05) is 31.9 Å². The average Bonchev–Trinajstić information content (AvgIpc) is 2.64. The fraction of sp³-hybridized carbons (Fsp3) is 0.350. The summed E-state index contributed by atoms with van der Waals surface area (Å²) < 4.78 is 26.6. The van der Waals surface area contributed by atoms with Gasteiger partial charge in [0.15, 0.2) is 0 Å². The third-order valence-electron chi connectivity index (χ3n) is 4.71. The zero-order chi connectivity index (χ0) is 19.4. The second kappa shape index (κ2) is 10.0. The van der Waals surface area contributed by atoms with Gasteiger partial charge in [0.1, 0.15) is 17.7 Å². The van der Waals surface area contributed by atoms with Crippen molar-refractivity contribution in [2.75, 3.05) is 31.1 Å². The number of halogens is 4. The Balaban J connectivity index is 0.00000280. The van der Waals surface area contributed by atoms with E-state index in [1.165, 1.54) is 18.2 Å². The van der Waals surface area contributed by atoms with E-state index in [9.17, 15) is 13.6 Å². The Morgan fingerprint density at radius 1 is 1.29 bits per heavy atom. The maximum absolute atomic E-state index is 13.4. The molecular formula is C20H23Cl2F2N3O. The summed E-state index contributed by atoms with van der Waals surface area (Å²) in [4.78, 5) is 14.7. The molecule has 0 aromatic heterocycles.